The number of nitrogens with zero attached hydrogens (tertiary/aromatic N) is 2. The summed E-state index contributed by atoms with van der Waals surface area (Å²) in [5.74, 6) is -0.171. The molecule has 0 saturated carbocycles. The van der Waals surface area contributed by atoms with E-state index in [1.165, 1.54) is 6.33 Å². The topological polar surface area (TPSA) is 34.9 Å². The Kier molecular flexibility index (Phi) is 5.05. The van der Waals surface area contributed by atoms with E-state index in [0.29, 0.717) is 26.5 Å². The molecule has 6 heteroatoms. The van der Waals surface area contributed by atoms with Crippen LogP contribution >= 0.6 is 34.8 Å². The van der Waals surface area contributed by atoms with E-state index >= 15 is 0 Å². The maximum absolute atomic E-state index is 12.9. The molecular weight excluding hydrogens is 367 g/mol. The zero-order chi connectivity index (χ0) is 17.1. The Hall–Kier alpha value is -2.07. The van der Waals surface area contributed by atoms with Crippen LogP contribution < -0.4 is 0 Å². The highest BCUT2D eigenvalue weighted by molar-refractivity contribution is 6.32. The monoisotopic (exact) mass is 376 g/mol. The summed E-state index contributed by atoms with van der Waals surface area (Å²) in [5, 5.41) is 1.50. The fraction of sp³-hybridized carbons (Fsp3) is 0. The molecule has 120 valence electrons. The fourth-order valence-electron chi connectivity index (χ4n) is 2.15. The van der Waals surface area contributed by atoms with Gasteiger partial charge in [0.15, 0.2) is 0 Å². The molecule has 24 heavy (non-hydrogen) atoms. The number of imidazole rings is 1. The third-order valence-corrected chi connectivity index (χ3v) is 4.04. The van der Waals surface area contributed by atoms with Crippen LogP contribution in [0.4, 0.5) is 0 Å². The number of ketones is 1. The second-order valence-electron chi connectivity index (χ2n) is 5.02. The molecule has 0 fully saturated rings. The van der Waals surface area contributed by atoms with E-state index in [4.69, 9.17) is 34.8 Å². The minimum Gasteiger partial charge on any atom is -0.301 e. The Bertz CT molecular complexity index is 897. The van der Waals surface area contributed by atoms with Crippen LogP contribution in [0.5, 0.6) is 0 Å². The third kappa shape index (κ3) is 3.88. The first kappa shape index (κ1) is 16.8. The largest absolute Gasteiger partial charge is 0.301 e. The number of carbonyl (C=O) groups is 1. The molecule has 0 amide bonds. The summed E-state index contributed by atoms with van der Waals surface area (Å²) in [5.41, 5.74) is 1.77. The molecule has 3 aromatic rings. The van der Waals surface area contributed by atoms with Crippen molar-refractivity contribution >= 4 is 52.4 Å². The summed E-state index contributed by atoms with van der Waals surface area (Å²) in [6.07, 6.45) is 4.83. The summed E-state index contributed by atoms with van der Waals surface area (Å²) in [7, 11) is 0. The lowest BCUT2D eigenvalue weighted by Gasteiger charge is -2.08. The van der Waals surface area contributed by atoms with Crippen molar-refractivity contribution in [2.24, 2.45) is 0 Å². The molecule has 0 saturated heterocycles. The molecule has 2 aromatic carbocycles. The molecule has 0 N–H and O–H groups in total. The lowest BCUT2D eigenvalue weighted by Crippen LogP contribution is -2.08. The zero-order valence-electron chi connectivity index (χ0n) is 12.3. The van der Waals surface area contributed by atoms with Crippen molar-refractivity contribution in [1.82, 2.24) is 9.55 Å². The summed E-state index contributed by atoms with van der Waals surface area (Å²) >= 11 is 17.7. The first-order valence-electron chi connectivity index (χ1n) is 7.00. The SMILES string of the molecule is O=C(/C(=C/c1ccc(Cl)cc1)n1cnc(Cl)c1)c1ccc(Cl)cc1. The van der Waals surface area contributed by atoms with Gasteiger partial charge in [0, 0.05) is 21.8 Å². The third-order valence-electron chi connectivity index (χ3n) is 3.34. The number of Topliss-reactive ketones (excluding diaryl/α,β-unsaturated/α-hetero) is 1. The van der Waals surface area contributed by atoms with Crippen LogP contribution in [-0.4, -0.2) is 15.3 Å². The maximum atomic E-state index is 12.9. The Labute approximate surface area is 154 Å². The smallest absolute Gasteiger partial charge is 0.209 e. The number of hydrogen-bond donors (Lipinski definition) is 0. The van der Waals surface area contributed by atoms with Crippen LogP contribution in [0.1, 0.15) is 15.9 Å². The van der Waals surface area contributed by atoms with E-state index in [1.807, 2.05) is 12.1 Å². The Morgan fingerprint density at radius 2 is 1.50 bits per heavy atom. The standard InChI is InChI=1S/C18H11Cl3N2O/c19-14-5-1-12(2-6-14)9-16(23-10-17(21)22-11-23)18(24)13-3-7-15(20)8-4-13/h1-11H/b16-9-. The summed E-state index contributed by atoms with van der Waals surface area (Å²) < 4.78 is 1.59. The molecule has 0 aliphatic heterocycles. The highest BCUT2D eigenvalue weighted by atomic mass is 35.5. The molecule has 1 heterocycles. The number of aromatic nitrogens is 2. The summed E-state index contributed by atoms with van der Waals surface area (Å²) in [4.78, 5) is 16.9. The van der Waals surface area contributed by atoms with Gasteiger partial charge >= 0.3 is 0 Å². The average molecular weight is 378 g/mol. The molecule has 0 aliphatic rings. The molecule has 0 radical (unpaired) electrons. The van der Waals surface area contributed by atoms with Gasteiger partial charge in [0.05, 0.1) is 5.70 Å². The predicted octanol–water partition coefficient (Wildman–Crippen LogP) is 5.72. The van der Waals surface area contributed by atoms with Gasteiger partial charge in [-0.2, -0.15) is 0 Å². The van der Waals surface area contributed by atoms with E-state index in [-0.39, 0.29) is 5.78 Å². The fourth-order valence-corrected chi connectivity index (χ4v) is 2.55. The van der Waals surface area contributed by atoms with E-state index < -0.39 is 0 Å². The highest BCUT2D eigenvalue weighted by Gasteiger charge is 2.15. The van der Waals surface area contributed by atoms with Crippen molar-refractivity contribution in [1.29, 1.82) is 0 Å². The predicted molar refractivity (Wildman–Crippen MR) is 98.6 cm³/mol. The van der Waals surface area contributed by atoms with Gasteiger partial charge in [-0.1, -0.05) is 46.9 Å². The van der Waals surface area contributed by atoms with Gasteiger partial charge in [0.1, 0.15) is 11.5 Å². The number of hydrogen-bond acceptors (Lipinski definition) is 2. The minimum absolute atomic E-state index is 0.171. The van der Waals surface area contributed by atoms with Gasteiger partial charge < -0.3 is 4.57 Å². The van der Waals surface area contributed by atoms with E-state index in [9.17, 15) is 4.79 Å². The zero-order valence-corrected chi connectivity index (χ0v) is 14.6. The summed E-state index contributed by atoms with van der Waals surface area (Å²) in [6.45, 7) is 0. The van der Waals surface area contributed by atoms with Gasteiger partial charge in [0.25, 0.3) is 0 Å². The van der Waals surface area contributed by atoms with Crippen molar-refractivity contribution in [3.63, 3.8) is 0 Å². The minimum atomic E-state index is -0.171. The lowest BCUT2D eigenvalue weighted by atomic mass is 10.1. The second kappa shape index (κ2) is 7.22. The Morgan fingerprint density at radius 3 is 2.04 bits per heavy atom. The van der Waals surface area contributed by atoms with Crippen molar-refractivity contribution in [3.05, 3.63) is 87.4 Å². The van der Waals surface area contributed by atoms with Crippen LogP contribution in [-0.2, 0) is 0 Å². The summed E-state index contributed by atoms with van der Waals surface area (Å²) in [6, 6.07) is 13.9. The maximum Gasteiger partial charge on any atom is 0.209 e. The molecule has 1 aromatic heterocycles. The normalized spacial score (nSPS) is 11.5. The Morgan fingerprint density at radius 1 is 0.917 bits per heavy atom. The molecule has 0 aliphatic carbocycles. The van der Waals surface area contributed by atoms with Crippen LogP contribution in [0.25, 0.3) is 11.8 Å². The van der Waals surface area contributed by atoms with E-state index in [0.717, 1.165) is 5.56 Å². The van der Waals surface area contributed by atoms with E-state index in [2.05, 4.69) is 4.98 Å². The molecule has 3 nitrogen and oxygen atoms in total. The number of benzene rings is 2. The van der Waals surface area contributed by atoms with Gasteiger partial charge in [-0.25, -0.2) is 4.98 Å². The molecular formula is C18H11Cl3N2O. The molecule has 0 atom stereocenters. The van der Waals surface area contributed by atoms with Crippen molar-refractivity contribution in [3.8, 4) is 0 Å². The highest BCUT2D eigenvalue weighted by Crippen LogP contribution is 2.21. The van der Waals surface area contributed by atoms with Crippen LogP contribution in [0.3, 0.4) is 0 Å². The van der Waals surface area contributed by atoms with E-state index in [1.54, 1.807) is 53.2 Å². The Balaban J connectivity index is 2.06. The number of allylic oxidation sites excluding steroid dienone is 1. The van der Waals surface area contributed by atoms with Crippen LogP contribution in [0, 0.1) is 0 Å². The number of halogens is 3. The van der Waals surface area contributed by atoms with Crippen molar-refractivity contribution in [2.75, 3.05) is 0 Å². The average Bonchev–Trinajstić information content (AvgIpc) is 3.00. The van der Waals surface area contributed by atoms with Gasteiger partial charge in [0.2, 0.25) is 5.78 Å². The molecule has 0 unspecified atom stereocenters. The van der Waals surface area contributed by atoms with Gasteiger partial charge in [-0.3, -0.25) is 4.79 Å². The second-order valence-corrected chi connectivity index (χ2v) is 6.28. The van der Waals surface area contributed by atoms with Crippen LogP contribution in [0.2, 0.25) is 15.2 Å². The van der Waals surface area contributed by atoms with Gasteiger partial charge in [-0.15, -0.1) is 0 Å². The molecule has 0 bridgehead atoms. The first-order chi connectivity index (χ1) is 11.5. The van der Waals surface area contributed by atoms with Crippen LogP contribution in [0.15, 0.2) is 61.1 Å². The molecule has 0 spiro atoms. The number of rotatable bonds is 4. The quantitative estimate of drug-likeness (QED) is 0.430. The first-order valence-corrected chi connectivity index (χ1v) is 8.14. The van der Waals surface area contributed by atoms with Gasteiger partial charge in [-0.05, 0) is 48.0 Å². The molecule has 3 rings (SSSR count). The number of carbonyl (C=O) groups excluding carboxylic acids is 1. The lowest BCUT2D eigenvalue weighted by molar-refractivity contribution is 0.105. The van der Waals surface area contributed by atoms with Crippen molar-refractivity contribution in [2.45, 2.75) is 0 Å². The van der Waals surface area contributed by atoms with Crippen molar-refractivity contribution < 1.29 is 4.79 Å².